The number of hydrogen-bond acceptors (Lipinski definition) is 1. The van der Waals surface area contributed by atoms with Crippen molar-refractivity contribution in [1.82, 2.24) is 4.72 Å². The Bertz CT molecular complexity index is 1150. The highest BCUT2D eigenvalue weighted by atomic mass is 32.2. The molecule has 1 N–H and O–H groups in total. The summed E-state index contributed by atoms with van der Waals surface area (Å²) in [5.41, 5.74) is -1.35. The second-order valence-corrected chi connectivity index (χ2v) is 17.1. The normalized spacial score (nSPS) is 19.9. The van der Waals surface area contributed by atoms with Gasteiger partial charge in [-0.1, -0.05) is 70.7 Å². The average Bonchev–Trinajstić information content (AvgIpc) is 2.91. The zero-order valence-electron chi connectivity index (χ0n) is 23.9. The molecule has 2 saturated carbocycles. The molecule has 2 aliphatic rings. The molecule has 0 spiro atoms. The molecule has 4 rings (SSSR count). The van der Waals surface area contributed by atoms with E-state index in [1.807, 2.05) is 12.1 Å². The van der Waals surface area contributed by atoms with Gasteiger partial charge in [-0.25, -0.2) is 8.93 Å². The Kier molecular flexibility index (Phi) is 10.3. The summed E-state index contributed by atoms with van der Waals surface area (Å²) in [5.74, 6) is 0. The highest BCUT2D eigenvalue weighted by Crippen LogP contribution is 2.56. The molecule has 2 atom stereocenters. The number of rotatable bonds is 7. The van der Waals surface area contributed by atoms with Crippen LogP contribution in [0.25, 0.3) is 0 Å². The van der Waals surface area contributed by atoms with Crippen molar-refractivity contribution in [2.75, 3.05) is 0 Å². The van der Waals surface area contributed by atoms with Crippen LogP contribution in [0.15, 0.2) is 42.5 Å². The minimum absolute atomic E-state index is 0.157. The van der Waals surface area contributed by atoms with E-state index in [2.05, 4.69) is 4.72 Å². The van der Waals surface area contributed by atoms with Crippen LogP contribution in [-0.2, 0) is 23.3 Å². The molecule has 0 aliphatic heterocycles. The summed E-state index contributed by atoms with van der Waals surface area (Å²) >= 11 is 0. The number of benzene rings is 2. The van der Waals surface area contributed by atoms with Crippen LogP contribution in [0, 0.1) is 0 Å². The maximum Gasteiger partial charge on any atom is 0.416 e. The van der Waals surface area contributed by atoms with E-state index in [0.29, 0.717) is 16.9 Å². The summed E-state index contributed by atoms with van der Waals surface area (Å²) in [4.78, 5) is 0. The molecular formula is C31H40F6NOPS. The lowest BCUT2D eigenvalue weighted by Gasteiger charge is -2.40. The number of nitrogens with one attached hydrogen (secondary N) is 1. The van der Waals surface area contributed by atoms with Gasteiger partial charge in [0.05, 0.1) is 32.9 Å². The first-order chi connectivity index (χ1) is 19.2. The van der Waals surface area contributed by atoms with Crippen molar-refractivity contribution in [2.45, 2.75) is 119 Å². The quantitative estimate of drug-likeness (QED) is 0.243. The van der Waals surface area contributed by atoms with Crippen molar-refractivity contribution in [3.05, 3.63) is 64.7 Å². The molecule has 228 valence electrons. The molecule has 0 heterocycles. The van der Waals surface area contributed by atoms with Gasteiger partial charge < -0.3 is 0 Å². The standard InChI is InChI=1S/C31H40F6NOPS/c1-29(2,3)41(39)38-28(21-18-22(30(32,33)34)20-23(19-21)31(35,36)37)26-16-10-11-17-27(26)40(24-12-6-4-7-13-24)25-14-8-5-9-15-25/h10-11,16-20,24-25,28,38H,4-9,12-15H2,1-3H3/t28-,41-/m0/s1. The third-order valence-corrected chi connectivity index (χ3v) is 13.3. The Labute approximate surface area is 243 Å². The molecule has 2 nitrogen and oxygen atoms in total. The first-order valence-electron chi connectivity index (χ1n) is 14.5. The summed E-state index contributed by atoms with van der Waals surface area (Å²) in [7, 11) is -2.49. The first-order valence-corrected chi connectivity index (χ1v) is 17.1. The minimum atomic E-state index is -4.97. The predicted octanol–water partition coefficient (Wildman–Crippen LogP) is 9.64. The van der Waals surface area contributed by atoms with Crippen molar-refractivity contribution in [2.24, 2.45) is 0 Å². The van der Waals surface area contributed by atoms with Crippen LogP contribution in [0.3, 0.4) is 0 Å². The van der Waals surface area contributed by atoms with Crippen LogP contribution in [0.5, 0.6) is 0 Å². The van der Waals surface area contributed by atoms with Crippen molar-refractivity contribution in [3.8, 4) is 0 Å². The predicted molar refractivity (Wildman–Crippen MR) is 156 cm³/mol. The topological polar surface area (TPSA) is 29.1 Å². The minimum Gasteiger partial charge on any atom is -0.242 e. The van der Waals surface area contributed by atoms with Gasteiger partial charge in [-0.2, -0.15) is 26.3 Å². The van der Waals surface area contributed by atoms with Crippen LogP contribution in [0.4, 0.5) is 26.3 Å². The van der Waals surface area contributed by atoms with E-state index in [1.165, 1.54) is 12.8 Å². The Balaban J connectivity index is 1.92. The molecule has 2 aromatic rings. The molecule has 2 aromatic carbocycles. The van der Waals surface area contributed by atoms with Gasteiger partial charge in [-0.05, 0) is 92.4 Å². The molecule has 10 heteroatoms. The SMILES string of the molecule is CC(C)(C)[S@](=O)N[C@@H](c1cc(C(F)(F)F)cc(C(F)(F)F)c1)c1ccccc1P(C1CCCCC1)C1CCCCC1. The Hall–Kier alpha value is -1.44. The van der Waals surface area contributed by atoms with Crippen molar-refractivity contribution >= 4 is 24.2 Å². The van der Waals surface area contributed by atoms with Crippen LogP contribution in [0.1, 0.15) is 113 Å². The summed E-state index contributed by atoms with van der Waals surface area (Å²) in [6.45, 7) is 5.18. The molecule has 2 fully saturated rings. The zero-order valence-corrected chi connectivity index (χ0v) is 25.6. The monoisotopic (exact) mass is 619 g/mol. The van der Waals surface area contributed by atoms with E-state index in [-0.39, 0.29) is 11.6 Å². The van der Waals surface area contributed by atoms with Gasteiger partial charge in [-0.3, -0.25) is 0 Å². The molecule has 41 heavy (non-hydrogen) atoms. The number of alkyl halides is 6. The van der Waals surface area contributed by atoms with Crippen molar-refractivity contribution < 1.29 is 30.6 Å². The summed E-state index contributed by atoms with van der Waals surface area (Å²) in [6.07, 6.45) is 1.32. The maximum atomic E-state index is 13.9. The molecule has 0 radical (unpaired) electrons. The number of hydrogen-bond donors (Lipinski definition) is 1. The zero-order chi connectivity index (χ0) is 30.0. The van der Waals surface area contributed by atoms with Crippen molar-refractivity contribution in [1.29, 1.82) is 0 Å². The molecule has 0 amide bonds. The first kappa shape index (κ1) is 32.5. The Morgan fingerprint density at radius 3 is 1.66 bits per heavy atom. The Morgan fingerprint density at radius 1 is 0.756 bits per heavy atom. The van der Waals surface area contributed by atoms with Gasteiger partial charge >= 0.3 is 12.4 Å². The second-order valence-electron chi connectivity index (χ2n) is 12.3. The largest absolute Gasteiger partial charge is 0.416 e. The molecule has 0 unspecified atom stereocenters. The Morgan fingerprint density at radius 2 is 1.22 bits per heavy atom. The van der Waals surface area contributed by atoms with E-state index in [1.54, 1.807) is 32.9 Å². The smallest absolute Gasteiger partial charge is 0.242 e. The van der Waals surface area contributed by atoms with E-state index in [9.17, 15) is 30.6 Å². The van der Waals surface area contributed by atoms with Crippen LogP contribution in [-0.4, -0.2) is 20.3 Å². The van der Waals surface area contributed by atoms with Gasteiger partial charge in [0.2, 0.25) is 0 Å². The summed E-state index contributed by atoms with van der Waals surface area (Å²) in [6, 6.07) is 8.15. The molecule has 0 saturated heterocycles. The van der Waals surface area contributed by atoms with Crippen molar-refractivity contribution in [3.63, 3.8) is 0 Å². The highest BCUT2D eigenvalue weighted by molar-refractivity contribution is 7.84. The lowest BCUT2D eigenvalue weighted by molar-refractivity contribution is -0.143. The fraction of sp³-hybridized carbons (Fsp3) is 0.613. The van der Waals surface area contributed by atoms with E-state index >= 15 is 0 Å². The van der Waals surface area contributed by atoms with Crippen LogP contribution < -0.4 is 10.0 Å². The van der Waals surface area contributed by atoms with Gasteiger partial charge in [-0.15, -0.1) is 0 Å². The second kappa shape index (κ2) is 13.1. The molecule has 2 aliphatic carbocycles. The lowest BCUT2D eigenvalue weighted by atomic mass is 9.95. The molecule has 0 bridgehead atoms. The van der Waals surface area contributed by atoms with Crippen LogP contribution in [0.2, 0.25) is 0 Å². The fourth-order valence-electron chi connectivity index (χ4n) is 6.12. The van der Waals surface area contributed by atoms with Gasteiger partial charge in [0, 0.05) is 0 Å². The summed E-state index contributed by atoms with van der Waals surface area (Å²) in [5, 5.41) is 1.02. The average molecular weight is 620 g/mol. The van der Waals surface area contributed by atoms with Gasteiger partial charge in [0.25, 0.3) is 0 Å². The van der Waals surface area contributed by atoms with E-state index < -0.39 is 53.2 Å². The fourth-order valence-corrected chi connectivity index (χ4v) is 10.9. The number of halogens is 6. The third-order valence-electron chi connectivity index (χ3n) is 8.19. The molecular weight excluding hydrogens is 579 g/mol. The third kappa shape index (κ3) is 8.14. The van der Waals surface area contributed by atoms with E-state index in [4.69, 9.17) is 0 Å². The lowest BCUT2D eigenvalue weighted by Crippen LogP contribution is -2.38. The van der Waals surface area contributed by atoms with E-state index in [0.717, 1.165) is 68.8 Å². The van der Waals surface area contributed by atoms with Gasteiger partial charge in [0.15, 0.2) is 0 Å². The highest BCUT2D eigenvalue weighted by Gasteiger charge is 2.40. The van der Waals surface area contributed by atoms with Gasteiger partial charge in [0.1, 0.15) is 0 Å². The van der Waals surface area contributed by atoms with Crippen LogP contribution >= 0.6 is 7.92 Å². The molecule has 0 aromatic heterocycles. The maximum absolute atomic E-state index is 13.9. The summed E-state index contributed by atoms with van der Waals surface area (Å²) < 4.78 is 99.0.